The van der Waals surface area contributed by atoms with Gasteiger partial charge in [-0.25, -0.2) is 5.43 Å². The van der Waals surface area contributed by atoms with E-state index >= 15 is 0 Å². The van der Waals surface area contributed by atoms with Crippen molar-refractivity contribution in [2.24, 2.45) is 5.10 Å². The van der Waals surface area contributed by atoms with Gasteiger partial charge >= 0.3 is 0 Å². The van der Waals surface area contributed by atoms with Crippen LogP contribution in [0.25, 0.3) is 10.8 Å². The number of rotatable bonds is 7. The normalized spacial score (nSPS) is 12.9. The van der Waals surface area contributed by atoms with Crippen molar-refractivity contribution >= 4 is 22.4 Å². The molecular weight excluding hydrogens is 288 g/mol. The molecule has 0 aliphatic rings. The second-order valence-electron chi connectivity index (χ2n) is 5.70. The summed E-state index contributed by atoms with van der Waals surface area (Å²) < 4.78 is 5.72. The van der Waals surface area contributed by atoms with Crippen LogP contribution in [-0.4, -0.2) is 17.7 Å². The van der Waals surface area contributed by atoms with Crippen LogP contribution in [0.1, 0.15) is 40.0 Å². The summed E-state index contributed by atoms with van der Waals surface area (Å²) in [6.45, 7) is 5.78. The Bertz CT molecular complexity index is 695. The van der Waals surface area contributed by atoms with E-state index < -0.39 is 6.10 Å². The first-order chi connectivity index (χ1) is 11.1. The fourth-order valence-electron chi connectivity index (χ4n) is 2.23. The van der Waals surface area contributed by atoms with Crippen molar-refractivity contribution in [3.05, 3.63) is 42.5 Å². The monoisotopic (exact) mass is 312 g/mol. The Labute approximate surface area is 137 Å². The quantitative estimate of drug-likeness (QED) is 0.612. The third-order valence-corrected chi connectivity index (χ3v) is 3.65. The van der Waals surface area contributed by atoms with Crippen molar-refractivity contribution in [2.75, 3.05) is 0 Å². The number of carbonyl (C=O) groups excluding carboxylic acids is 1. The molecule has 0 aromatic heterocycles. The van der Waals surface area contributed by atoms with Crippen molar-refractivity contribution in [3.8, 4) is 5.75 Å². The van der Waals surface area contributed by atoms with Crippen LogP contribution in [0.4, 0.5) is 0 Å². The van der Waals surface area contributed by atoms with Gasteiger partial charge in [-0.15, -0.1) is 0 Å². The first-order valence-corrected chi connectivity index (χ1v) is 8.08. The molecule has 0 aliphatic heterocycles. The summed E-state index contributed by atoms with van der Waals surface area (Å²) in [6.07, 6.45) is 2.49. The van der Waals surface area contributed by atoms with Crippen molar-refractivity contribution in [1.29, 1.82) is 0 Å². The maximum absolute atomic E-state index is 12.0. The summed E-state index contributed by atoms with van der Waals surface area (Å²) in [7, 11) is 0. The predicted molar refractivity (Wildman–Crippen MR) is 94.8 cm³/mol. The van der Waals surface area contributed by atoms with Crippen molar-refractivity contribution < 1.29 is 9.53 Å². The lowest BCUT2D eigenvalue weighted by atomic mass is 10.1. The van der Waals surface area contributed by atoms with Crippen LogP contribution in [0.5, 0.6) is 5.75 Å². The number of amides is 1. The molecule has 0 saturated heterocycles. The summed E-state index contributed by atoms with van der Waals surface area (Å²) in [5.41, 5.74) is 3.50. The maximum Gasteiger partial charge on any atom is 0.280 e. The molecule has 0 fully saturated rings. The standard InChI is InChI=1S/C19H24N2O2/c1-4-5-8-14(2)20-21-19(22)15(3)23-18-12-11-16-9-6-7-10-17(16)13-18/h6-7,9-13,15H,4-5,8H2,1-3H3,(H,21,22). The Morgan fingerprint density at radius 2 is 1.96 bits per heavy atom. The van der Waals surface area contributed by atoms with Gasteiger partial charge in [-0.1, -0.05) is 43.7 Å². The van der Waals surface area contributed by atoms with Gasteiger partial charge in [0, 0.05) is 5.71 Å². The highest BCUT2D eigenvalue weighted by Gasteiger charge is 2.14. The number of hydrazone groups is 1. The zero-order valence-electron chi connectivity index (χ0n) is 14.0. The van der Waals surface area contributed by atoms with Gasteiger partial charge in [-0.05, 0) is 49.6 Å². The van der Waals surface area contributed by atoms with Gasteiger partial charge in [0.2, 0.25) is 0 Å². The number of hydrogen-bond donors (Lipinski definition) is 1. The smallest absolute Gasteiger partial charge is 0.280 e. The highest BCUT2D eigenvalue weighted by molar-refractivity contribution is 5.86. The van der Waals surface area contributed by atoms with Crippen LogP contribution >= 0.6 is 0 Å². The second kappa shape index (κ2) is 8.32. The highest BCUT2D eigenvalue weighted by atomic mass is 16.5. The molecule has 23 heavy (non-hydrogen) atoms. The molecule has 4 heteroatoms. The van der Waals surface area contributed by atoms with E-state index in [1.807, 2.05) is 49.4 Å². The molecule has 0 saturated carbocycles. The molecule has 2 rings (SSSR count). The fourth-order valence-corrected chi connectivity index (χ4v) is 2.23. The van der Waals surface area contributed by atoms with Crippen molar-refractivity contribution in [3.63, 3.8) is 0 Å². The molecule has 0 spiro atoms. The van der Waals surface area contributed by atoms with Crippen LogP contribution in [0.3, 0.4) is 0 Å². The van der Waals surface area contributed by atoms with E-state index in [0.717, 1.165) is 35.7 Å². The molecule has 1 amide bonds. The SMILES string of the molecule is CCCCC(C)=NNC(=O)C(C)Oc1ccc2ccccc2c1. The van der Waals surface area contributed by atoms with Gasteiger partial charge in [-0.2, -0.15) is 5.10 Å². The Balaban J connectivity index is 1.94. The van der Waals surface area contributed by atoms with Gasteiger partial charge in [0.05, 0.1) is 0 Å². The van der Waals surface area contributed by atoms with E-state index in [1.165, 1.54) is 0 Å². The number of nitrogens with zero attached hydrogens (tertiary/aromatic N) is 1. The molecule has 1 unspecified atom stereocenters. The molecule has 0 radical (unpaired) electrons. The van der Waals surface area contributed by atoms with Gasteiger partial charge in [0.25, 0.3) is 5.91 Å². The van der Waals surface area contributed by atoms with Crippen LogP contribution < -0.4 is 10.2 Å². The minimum atomic E-state index is -0.598. The molecule has 1 atom stereocenters. The minimum Gasteiger partial charge on any atom is -0.481 e. The van der Waals surface area contributed by atoms with E-state index in [4.69, 9.17) is 4.74 Å². The van der Waals surface area contributed by atoms with Crippen molar-refractivity contribution in [2.45, 2.75) is 46.1 Å². The Morgan fingerprint density at radius 1 is 1.22 bits per heavy atom. The molecule has 4 nitrogen and oxygen atoms in total. The number of nitrogens with one attached hydrogen (secondary N) is 1. The van der Waals surface area contributed by atoms with E-state index in [0.29, 0.717) is 5.75 Å². The number of benzene rings is 2. The number of fused-ring (bicyclic) bond motifs is 1. The van der Waals surface area contributed by atoms with Gasteiger partial charge in [0.15, 0.2) is 6.10 Å². The lowest BCUT2D eigenvalue weighted by molar-refractivity contribution is -0.127. The van der Waals surface area contributed by atoms with E-state index in [-0.39, 0.29) is 5.91 Å². The first-order valence-electron chi connectivity index (χ1n) is 8.08. The molecule has 122 valence electrons. The molecule has 1 N–H and O–H groups in total. The van der Waals surface area contributed by atoms with Crippen LogP contribution in [-0.2, 0) is 4.79 Å². The average Bonchev–Trinajstić information content (AvgIpc) is 2.57. The third kappa shape index (κ3) is 5.09. The maximum atomic E-state index is 12.0. The number of hydrogen-bond acceptors (Lipinski definition) is 3. The van der Waals surface area contributed by atoms with E-state index in [1.54, 1.807) is 6.92 Å². The topological polar surface area (TPSA) is 50.7 Å². The number of ether oxygens (including phenoxy) is 1. The third-order valence-electron chi connectivity index (χ3n) is 3.65. The molecule has 2 aromatic rings. The summed E-state index contributed by atoms with van der Waals surface area (Å²) in [6, 6.07) is 13.9. The minimum absolute atomic E-state index is 0.242. The Kier molecular flexibility index (Phi) is 6.15. The van der Waals surface area contributed by atoms with Crippen LogP contribution in [0.2, 0.25) is 0 Å². The molecule has 0 bridgehead atoms. The van der Waals surface area contributed by atoms with E-state index in [9.17, 15) is 4.79 Å². The fraction of sp³-hybridized carbons (Fsp3) is 0.368. The zero-order valence-corrected chi connectivity index (χ0v) is 14.0. The van der Waals surface area contributed by atoms with Gasteiger partial charge in [0.1, 0.15) is 5.75 Å². The lowest BCUT2D eigenvalue weighted by Gasteiger charge is -2.13. The summed E-state index contributed by atoms with van der Waals surface area (Å²) >= 11 is 0. The largest absolute Gasteiger partial charge is 0.481 e. The average molecular weight is 312 g/mol. The van der Waals surface area contributed by atoms with Gasteiger partial charge < -0.3 is 4.74 Å². The zero-order chi connectivity index (χ0) is 16.7. The van der Waals surface area contributed by atoms with Gasteiger partial charge in [-0.3, -0.25) is 4.79 Å². The van der Waals surface area contributed by atoms with Crippen LogP contribution in [0.15, 0.2) is 47.6 Å². The highest BCUT2D eigenvalue weighted by Crippen LogP contribution is 2.21. The summed E-state index contributed by atoms with van der Waals surface area (Å²) in [4.78, 5) is 12.0. The Morgan fingerprint density at radius 3 is 2.70 bits per heavy atom. The predicted octanol–water partition coefficient (Wildman–Crippen LogP) is 4.29. The number of carbonyl (C=O) groups is 1. The summed E-state index contributed by atoms with van der Waals surface area (Å²) in [5, 5.41) is 6.35. The van der Waals surface area contributed by atoms with E-state index in [2.05, 4.69) is 17.5 Å². The lowest BCUT2D eigenvalue weighted by Crippen LogP contribution is -2.33. The number of unbranched alkanes of at least 4 members (excludes halogenated alkanes) is 1. The molecular formula is C19H24N2O2. The molecule has 0 aliphatic carbocycles. The van der Waals surface area contributed by atoms with Crippen LogP contribution in [0, 0.1) is 0 Å². The molecule has 2 aromatic carbocycles. The second-order valence-corrected chi connectivity index (χ2v) is 5.70. The summed E-state index contributed by atoms with van der Waals surface area (Å²) in [5.74, 6) is 0.437. The first kappa shape index (κ1) is 17.0. The van der Waals surface area contributed by atoms with Crippen molar-refractivity contribution in [1.82, 2.24) is 5.43 Å². The Hall–Kier alpha value is -2.36. The molecule has 0 heterocycles.